The van der Waals surface area contributed by atoms with Crippen LogP contribution in [0.2, 0.25) is 0 Å². The quantitative estimate of drug-likeness (QED) is 0.168. The molecule has 3 aromatic carbocycles. The zero-order valence-corrected chi connectivity index (χ0v) is 21.4. The van der Waals surface area contributed by atoms with E-state index in [1.165, 1.54) is 12.1 Å². The minimum atomic E-state index is -0.776. The highest BCUT2D eigenvalue weighted by Gasteiger charge is 2.15. The van der Waals surface area contributed by atoms with Crippen LogP contribution in [0, 0.1) is 0 Å². The summed E-state index contributed by atoms with van der Waals surface area (Å²) in [6.07, 6.45) is 0.642. The molecule has 0 saturated heterocycles. The third-order valence-corrected chi connectivity index (χ3v) is 6.08. The van der Waals surface area contributed by atoms with Gasteiger partial charge in [-0.05, 0) is 64.3 Å². The van der Waals surface area contributed by atoms with Crippen LogP contribution in [0.5, 0.6) is 11.5 Å². The summed E-state index contributed by atoms with van der Waals surface area (Å²) in [7, 11) is 0. The number of halogens is 2. The number of rotatable bonds is 8. The van der Waals surface area contributed by atoms with Crippen molar-refractivity contribution in [2.45, 2.75) is 6.42 Å². The monoisotopic (exact) mass is 599 g/mol. The number of hydrogen-bond donors (Lipinski definition) is 1. The highest BCUT2D eigenvalue weighted by atomic mass is 79.9. The Balaban J connectivity index is 1.38. The van der Waals surface area contributed by atoms with E-state index >= 15 is 0 Å². The van der Waals surface area contributed by atoms with Crippen LogP contribution in [0.3, 0.4) is 0 Å². The average Bonchev–Trinajstić information content (AvgIpc) is 2.83. The minimum absolute atomic E-state index is 0.0937. The molecule has 35 heavy (non-hydrogen) atoms. The van der Waals surface area contributed by atoms with Crippen molar-refractivity contribution in [1.29, 1.82) is 0 Å². The smallest absolute Gasteiger partial charge is 0.349 e. The summed E-state index contributed by atoms with van der Waals surface area (Å²) in [5, 5.41) is 3.26. The molecule has 9 heteroatoms. The molecule has 0 spiro atoms. The van der Waals surface area contributed by atoms with Crippen molar-refractivity contribution in [3.8, 4) is 11.5 Å². The largest absolute Gasteiger partial charge is 0.481 e. The third kappa shape index (κ3) is 6.58. The van der Waals surface area contributed by atoms with Crippen LogP contribution in [-0.4, -0.2) is 25.0 Å². The lowest BCUT2D eigenvalue weighted by Gasteiger charge is -2.09. The predicted molar refractivity (Wildman–Crippen MR) is 138 cm³/mol. The van der Waals surface area contributed by atoms with Gasteiger partial charge >= 0.3 is 11.6 Å². The summed E-state index contributed by atoms with van der Waals surface area (Å²) in [6.45, 7) is 0.0679. The highest BCUT2D eigenvalue weighted by Crippen LogP contribution is 2.28. The van der Waals surface area contributed by atoms with E-state index < -0.39 is 17.5 Å². The molecule has 0 radical (unpaired) electrons. The molecule has 178 valence electrons. The molecule has 7 nitrogen and oxygen atoms in total. The summed E-state index contributed by atoms with van der Waals surface area (Å²) >= 11 is 6.71. The summed E-state index contributed by atoms with van der Waals surface area (Å²) < 4.78 is 17.6. The van der Waals surface area contributed by atoms with Gasteiger partial charge in [-0.1, -0.05) is 46.3 Å². The van der Waals surface area contributed by atoms with Crippen LogP contribution in [-0.2, 0) is 11.2 Å². The zero-order chi connectivity index (χ0) is 24.8. The van der Waals surface area contributed by atoms with E-state index in [4.69, 9.17) is 13.9 Å². The molecule has 1 N–H and O–H groups in total. The number of ether oxygens (including phenoxy) is 2. The molecule has 0 unspecified atom stereocenters. The number of esters is 1. The SMILES string of the molecule is O=C(COc1ccc(Br)cc1Br)Oc1ccc2cc(C(=O)NCCc3ccccc3)c(=O)oc2c1. The Morgan fingerprint density at radius 3 is 2.51 bits per heavy atom. The maximum Gasteiger partial charge on any atom is 0.349 e. The van der Waals surface area contributed by atoms with Gasteiger partial charge in [-0.2, -0.15) is 0 Å². The van der Waals surface area contributed by atoms with Gasteiger partial charge < -0.3 is 19.2 Å². The van der Waals surface area contributed by atoms with Crippen LogP contribution in [0.4, 0.5) is 0 Å². The minimum Gasteiger partial charge on any atom is -0.481 e. The number of carbonyl (C=O) groups excluding carboxylic acids is 2. The summed E-state index contributed by atoms with van der Waals surface area (Å²) in [5.41, 5.74) is 0.401. The molecule has 4 rings (SSSR count). The van der Waals surface area contributed by atoms with E-state index in [1.54, 1.807) is 30.3 Å². The van der Waals surface area contributed by atoms with Gasteiger partial charge in [-0.3, -0.25) is 4.79 Å². The van der Waals surface area contributed by atoms with Crippen molar-refractivity contribution in [1.82, 2.24) is 5.32 Å². The van der Waals surface area contributed by atoms with Crippen LogP contribution >= 0.6 is 31.9 Å². The molecule has 0 aliphatic rings. The summed E-state index contributed by atoms with van der Waals surface area (Å²) in [5.74, 6) is -0.465. The van der Waals surface area contributed by atoms with Gasteiger partial charge in [0, 0.05) is 22.5 Å². The second-order valence-electron chi connectivity index (χ2n) is 7.48. The summed E-state index contributed by atoms with van der Waals surface area (Å²) in [4.78, 5) is 37.1. The lowest BCUT2D eigenvalue weighted by Crippen LogP contribution is -2.29. The second-order valence-corrected chi connectivity index (χ2v) is 9.25. The Hall–Kier alpha value is -3.43. The first-order valence-electron chi connectivity index (χ1n) is 10.6. The molecule has 1 aromatic heterocycles. The normalized spacial score (nSPS) is 10.7. The first-order valence-corrected chi connectivity index (χ1v) is 12.2. The Kier molecular flexibility index (Phi) is 7.99. The van der Waals surface area contributed by atoms with Crippen molar-refractivity contribution in [3.05, 3.63) is 103 Å². The van der Waals surface area contributed by atoms with E-state index in [-0.39, 0.29) is 23.5 Å². The van der Waals surface area contributed by atoms with Crippen LogP contribution in [0.1, 0.15) is 15.9 Å². The van der Waals surface area contributed by atoms with Gasteiger partial charge in [0.25, 0.3) is 5.91 Å². The summed E-state index contributed by atoms with van der Waals surface area (Å²) in [6, 6.07) is 21.0. The number of hydrogen-bond acceptors (Lipinski definition) is 6. The lowest BCUT2D eigenvalue weighted by atomic mass is 10.1. The average molecular weight is 601 g/mol. The van der Waals surface area contributed by atoms with Crippen molar-refractivity contribution in [3.63, 3.8) is 0 Å². The number of nitrogens with one attached hydrogen (secondary N) is 1. The standard InChI is InChI=1S/C26H19Br2NO6/c27-18-7-9-22(21(28)13-18)33-15-24(30)34-19-8-6-17-12-20(26(32)35-23(17)14-19)25(31)29-11-10-16-4-2-1-3-5-16/h1-9,12-14H,10-11,15H2,(H,29,31). The van der Waals surface area contributed by atoms with E-state index in [9.17, 15) is 14.4 Å². The van der Waals surface area contributed by atoms with E-state index in [1.807, 2.05) is 30.3 Å². The van der Waals surface area contributed by atoms with Crippen molar-refractivity contribution in [2.24, 2.45) is 0 Å². The molecule has 0 fully saturated rings. The molecule has 1 heterocycles. The topological polar surface area (TPSA) is 94.8 Å². The number of benzene rings is 3. The number of fused-ring (bicyclic) bond motifs is 1. The van der Waals surface area contributed by atoms with E-state index in [0.717, 1.165) is 10.0 Å². The lowest BCUT2D eigenvalue weighted by molar-refractivity contribution is -0.136. The molecule has 0 bridgehead atoms. The maximum atomic E-state index is 12.5. The zero-order valence-electron chi connectivity index (χ0n) is 18.3. The first-order chi connectivity index (χ1) is 16.9. The highest BCUT2D eigenvalue weighted by molar-refractivity contribution is 9.11. The molecule has 0 aliphatic heterocycles. The Morgan fingerprint density at radius 1 is 0.943 bits per heavy atom. The molecule has 0 aliphatic carbocycles. The maximum absolute atomic E-state index is 12.5. The fourth-order valence-corrected chi connectivity index (χ4v) is 4.42. The second kappa shape index (κ2) is 11.3. The van der Waals surface area contributed by atoms with Gasteiger partial charge in [0.05, 0.1) is 4.47 Å². The molecule has 4 aromatic rings. The van der Waals surface area contributed by atoms with Gasteiger partial charge in [-0.25, -0.2) is 9.59 Å². The van der Waals surface area contributed by atoms with Crippen LogP contribution in [0.25, 0.3) is 11.0 Å². The predicted octanol–water partition coefficient (Wildman–Crippen LogP) is 5.27. The Morgan fingerprint density at radius 2 is 1.74 bits per heavy atom. The molecular formula is C26H19Br2NO6. The molecule has 0 saturated carbocycles. The Labute approximate surface area is 217 Å². The molecular weight excluding hydrogens is 582 g/mol. The van der Waals surface area contributed by atoms with Crippen LogP contribution < -0.4 is 20.4 Å². The third-order valence-electron chi connectivity index (χ3n) is 4.97. The van der Waals surface area contributed by atoms with Gasteiger partial charge in [0.1, 0.15) is 22.6 Å². The molecule has 1 amide bonds. The van der Waals surface area contributed by atoms with Crippen molar-refractivity contribution < 1.29 is 23.5 Å². The molecule has 0 atom stereocenters. The van der Waals surface area contributed by atoms with Crippen LogP contribution in [0.15, 0.2) is 91.0 Å². The van der Waals surface area contributed by atoms with Crippen molar-refractivity contribution >= 4 is 54.7 Å². The fraction of sp³-hybridized carbons (Fsp3) is 0.115. The van der Waals surface area contributed by atoms with E-state index in [0.29, 0.717) is 28.6 Å². The number of carbonyl (C=O) groups is 2. The Bertz CT molecular complexity index is 1440. The first kappa shape index (κ1) is 24.7. The number of amides is 1. The van der Waals surface area contributed by atoms with Gasteiger partial charge in [0.15, 0.2) is 6.61 Å². The van der Waals surface area contributed by atoms with Gasteiger partial charge in [0.2, 0.25) is 0 Å². The van der Waals surface area contributed by atoms with E-state index in [2.05, 4.69) is 37.2 Å². The fourth-order valence-electron chi connectivity index (χ4n) is 3.26. The van der Waals surface area contributed by atoms with Gasteiger partial charge in [-0.15, -0.1) is 0 Å². The van der Waals surface area contributed by atoms with Crippen molar-refractivity contribution in [2.75, 3.05) is 13.2 Å².